The Morgan fingerprint density at radius 1 is 0.952 bits per heavy atom. The maximum Gasteiger partial charge on any atom is 0.326 e. The zero-order valence-corrected chi connectivity index (χ0v) is 11.4. The normalized spacial score (nSPS) is 9.90. The Hall–Kier alpha value is -2.82. The molecule has 0 aliphatic carbocycles. The highest BCUT2D eigenvalue weighted by Gasteiger charge is 2.17. The molecular formula is C16H16N2O3. The predicted octanol–water partition coefficient (Wildman–Crippen LogP) is 2.32. The van der Waals surface area contributed by atoms with Crippen LogP contribution in [0.2, 0.25) is 0 Å². The van der Waals surface area contributed by atoms with Gasteiger partial charge in [-0.05, 0) is 17.7 Å². The Labute approximate surface area is 122 Å². The molecule has 0 atom stereocenters. The number of ether oxygens (including phenoxy) is 1. The van der Waals surface area contributed by atoms with Gasteiger partial charge in [-0.1, -0.05) is 48.5 Å². The Bertz CT molecular complexity index is 599. The van der Waals surface area contributed by atoms with Crippen molar-refractivity contribution in [3.63, 3.8) is 0 Å². The second-order valence-corrected chi connectivity index (χ2v) is 4.41. The van der Waals surface area contributed by atoms with Gasteiger partial charge < -0.3 is 10.5 Å². The molecule has 0 saturated carbocycles. The number of para-hydroxylation sites is 1. The summed E-state index contributed by atoms with van der Waals surface area (Å²) in [5.74, 6) is -0.512. The molecule has 0 fully saturated rings. The third-order valence-corrected chi connectivity index (χ3v) is 2.86. The molecule has 21 heavy (non-hydrogen) atoms. The van der Waals surface area contributed by atoms with Crippen LogP contribution >= 0.6 is 0 Å². The molecule has 2 aromatic carbocycles. The minimum atomic E-state index is -0.696. The topological polar surface area (TPSA) is 72.6 Å². The van der Waals surface area contributed by atoms with Gasteiger partial charge in [-0.3, -0.25) is 9.69 Å². The lowest BCUT2D eigenvalue weighted by Crippen LogP contribution is -2.40. The molecular weight excluding hydrogens is 268 g/mol. The van der Waals surface area contributed by atoms with Crippen LogP contribution in [-0.2, 0) is 16.1 Å². The molecule has 2 rings (SSSR count). The minimum absolute atomic E-state index is 0.168. The summed E-state index contributed by atoms with van der Waals surface area (Å²) in [7, 11) is 0. The van der Waals surface area contributed by atoms with Crippen LogP contribution in [0.25, 0.3) is 0 Å². The van der Waals surface area contributed by atoms with E-state index in [2.05, 4.69) is 0 Å². The zero-order valence-electron chi connectivity index (χ0n) is 11.4. The fourth-order valence-corrected chi connectivity index (χ4v) is 1.82. The first-order chi connectivity index (χ1) is 10.2. The first-order valence-electron chi connectivity index (χ1n) is 6.48. The van der Waals surface area contributed by atoms with Crippen molar-refractivity contribution >= 4 is 17.7 Å². The van der Waals surface area contributed by atoms with Crippen LogP contribution in [0.1, 0.15) is 5.56 Å². The third-order valence-electron chi connectivity index (χ3n) is 2.86. The summed E-state index contributed by atoms with van der Waals surface area (Å²) in [6.45, 7) is -0.0484. The number of nitrogens with two attached hydrogens (primary N) is 1. The highest BCUT2D eigenvalue weighted by atomic mass is 16.5. The van der Waals surface area contributed by atoms with Gasteiger partial charge in [-0.15, -0.1) is 0 Å². The number of rotatable bonds is 5. The van der Waals surface area contributed by atoms with Crippen LogP contribution in [0.15, 0.2) is 60.7 Å². The quantitative estimate of drug-likeness (QED) is 0.856. The number of carbonyl (C=O) groups is 2. The molecule has 0 aliphatic rings. The molecule has 0 aromatic heterocycles. The summed E-state index contributed by atoms with van der Waals surface area (Å²) in [5.41, 5.74) is 6.75. The average molecular weight is 284 g/mol. The Morgan fingerprint density at radius 3 is 2.10 bits per heavy atom. The van der Waals surface area contributed by atoms with Crippen molar-refractivity contribution in [3.05, 3.63) is 66.2 Å². The molecule has 5 nitrogen and oxygen atoms in total. The van der Waals surface area contributed by atoms with Crippen LogP contribution in [0, 0.1) is 0 Å². The van der Waals surface area contributed by atoms with Gasteiger partial charge in [-0.2, -0.15) is 0 Å². The Kier molecular flexibility index (Phi) is 4.93. The van der Waals surface area contributed by atoms with E-state index in [-0.39, 0.29) is 13.2 Å². The van der Waals surface area contributed by atoms with Crippen molar-refractivity contribution in [2.24, 2.45) is 5.73 Å². The van der Waals surface area contributed by atoms with Crippen LogP contribution in [0.3, 0.4) is 0 Å². The maximum atomic E-state index is 11.8. The van der Waals surface area contributed by atoms with E-state index >= 15 is 0 Å². The summed E-state index contributed by atoms with van der Waals surface area (Å²) in [5, 5.41) is 0. The monoisotopic (exact) mass is 284 g/mol. The van der Waals surface area contributed by atoms with E-state index in [1.807, 2.05) is 36.4 Å². The zero-order chi connectivity index (χ0) is 15.1. The van der Waals surface area contributed by atoms with E-state index in [4.69, 9.17) is 10.5 Å². The second kappa shape index (κ2) is 7.09. The molecule has 2 aromatic rings. The molecule has 5 heteroatoms. The van der Waals surface area contributed by atoms with E-state index in [0.29, 0.717) is 5.69 Å². The number of anilines is 1. The van der Waals surface area contributed by atoms with E-state index in [1.54, 1.807) is 24.3 Å². The first-order valence-corrected chi connectivity index (χ1v) is 6.48. The molecule has 0 unspecified atom stereocenters. The average Bonchev–Trinajstić information content (AvgIpc) is 2.52. The summed E-state index contributed by atoms with van der Waals surface area (Å²) in [4.78, 5) is 24.5. The van der Waals surface area contributed by atoms with Crippen LogP contribution in [0.5, 0.6) is 0 Å². The van der Waals surface area contributed by atoms with Crippen LogP contribution in [0.4, 0.5) is 10.5 Å². The van der Waals surface area contributed by atoms with Crippen molar-refractivity contribution in [2.75, 3.05) is 11.4 Å². The van der Waals surface area contributed by atoms with Gasteiger partial charge in [0.05, 0.1) is 0 Å². The number of carbonyl (C=O) groups excluding carboxylic acids is 2. The maximum absolute atomic E-state index is 11.8. The molecule has 108 valence electrons. The molecule has 0 radical (unpaired) electrons. The lowest BCUT2D eigenvalue weighted by Gasteiger charge is -2.19. The summed E-state index contributed by atoms with van der Waals surface area (Å²) >= 11 is 0. The van der Waals surface area contributed by atoms with Gasteiger partial charge in [0.25, 0.3) is 0 Å². The van der Waals surface area contributed by atoms with Crippen molar-refractivity contribution < 1.29 is 14.3 Å². The fraction of sp³-hybridized carbons (Fsp3) is 0.125. The molecule has 2 amide bonds. The molecule has 0 bridgehead atoms. The van der Waals surface area contributed by atoms with E-state index in [0.717, 1.165) is 5.56 Å². The number of esters is 1. The van der Waals surface area contributed by atoms with E-state index in [9.17, 15) is 9.59 Å². The molecule has 0 spiro atoms. The second-order valence-electron chi connectivity index (χ2n) is 4.41. The van der Waals surface area contributed by atoms with Crippen LogP contribution < -0.4 is 10.6 Å². The van der Waals surface area contributed by atoms with Crippen LogP contribution in [-0.4, -0.2) is 18.5 Å². The Balaban J connectivity index is 1.95. The third kappa shape index (κ3) is 4.35. The smallest absolute Gasteiger partial charge is 0.326 e. The molecule has 2 N–H and O–H groups in total. The van der Waals surface area contributed by atoms with Gasteiger partial charge in [0.2, 0.25) is 0 Å². The molecule has 0 aliphatic heterocycles. The molecule has 0 heterocycles. The number of primary amides is 1. The highest BCUT2D eigenvalue weighted by Crippen LogP contribution is 2.13. The standard InChI is InChI=1S/C16H16N2O3/c17-16(20)18(14-9-5-2-6-10-14)11-15(19)21-12-13-7-3-1-4-8-13/h1-10H,11-12H2,(H2,17,20). The fourth-order valence-electron chi connectivity index (χ4n) is 1.82. The summed E-state index contributed by atoms with van der Waals surface area (Å²) in [6.07, 6.45) is 0. The highest BCUT2D eigenvalue weighted by molar-refractivity contribution is 5.95. The number of hydrogen-bond acceptors (Lipinski definition) is 3. The summed E-state index contributed by atoms with van der Waals surface area (Å²) in [6, 6.07) is 17.4. The van der Waals surface area contributed by atoms with E-state index < -0.39 is 12.0 Å². The van der Waals surface area contributed by atoms with Crippen molar-refractivity contribution in [1.82, 2.24) is 0 Å². The van der Waals surface area contributed by atoms with Crippen molar-refractivity contribution in [3.8, 4) is 0 Å². The Morgan fingerprint density at radius 2 is 1.52 bits per heavy atom. The van der Waals surface area contributed by atoms with Crippen molar-refractivity contribution in [2.45, 2.75) is 6.61 Å². The lowest BCUT2D eigenvalue weighted by atomic mass is 10.2. The predicted molar refractivity (Wildman–Crippen MR) is 79.6 cm³/mol. The van der Waals surface area contributed by atoms with E-state index in [1.165, 1.54) is 4.90 Å². The van der Waals surface area contributed by atoms with Crippen molar-refractivity contribution in [1.29, 1.82) is 0 Å². The number of benzene rings is 2. The minimum Gasteiger partial charge on any atom is -0.459 e. The number of nitrogens with zero attached hydrogens (tertiary/aromatic N) is 1. The van der Waals surface area contributed by atoms with Gasteiger partial charge in [0.1, 0.15) is 13.2 Å². The van der Waals surface area contributed by atoms with Gasteiger partial charge in [0.15, 0.2) is 0 Å². The van der Waals surface area contributed by atoms with Gasteiger partial charge in [0, 0.05) is 5.69 Å². The number of hydrogen-bond donors (Lipinski definition) is 1. The first kappa shape index (κ1) is 14.6. The van der Waals surface area contributed by atoms with Gasteiger partial charge >= 0.3 is 12.0 Å². The van der Waals surface area contributed by atoms with Gasteiger partial charge in [-0.25, -0.2) is 4.79 Å². The largest absolute Gasteiger partial charge is 0.459 e. The number of amides is 2. The number of urea groups is 1. The lowest BCUT2D eigenvalue weighted by molar-refractivity contribution is -0.143. The SMILES string of the molecule is NC(=O)N(CC(=O)OCc1ccccc1)c1ccccc1. The molecule has 0 saturated heterocycles. The summed E-state index contributed by atoms with van der Waals surface area (Å²) < 4.78 is 5.14.